The van der Waals surface area contributed by atoms with Crippen LogP contribution in [0.1, 0.15) is 23.0 Å². The van der Waals surface area contributed by atoms with Gasteiger partial charge in [-0.25, -0.2) is 9.78 Å². The fraction of sp³-hybridized carbons (Fsp3) is 0.227. The minimum absolute atomic E-state index is 0.0704. The van der Waals surface area contributed by atoms with E-state index in [1.165, 1.54) is 42.4 Å². The molecule has 1 aromatic heterocycles. The monoisotopic (exact) mass is 474 g/mol. The average molecular weight is 475 g/mol. The van der Waals surface area contributed by atoms with Crippen molar-refractivity contribution in [2.45, 2.75) is 13.5 Å². The number of carbonyl (C=O) groups is 2. The molecule has 0 fully saturated rings. The normalized spacial score (nSPS) is 12.2. The predicted molar refractivity (Wildman–Crippen MR) is 119 cm³/mol. The third-order valence-electron chi connectivity index (χ3n) is 4.56. The lowest BCUT2D eigenvalue weighted by atomic mass is 10.2. The van der Waals surface area contributed by atoms with Crippen LogP contribution in [0.4, 0.5) is 10.8 Å². The van der Waals surface area contributed by atoms with Crippen molar-refractivity contribution in [3.8, 4) is 17.2 Å². The summed E-state index contributed by atoms with van der Waals surface area (Å²) in [6, 6.07) is 10.2. The van der Waals surface area contributed by atoms with Gasteiger partial charge in [0.05, 0.1) is 29.1 Å². The van der Waals surface area contributed by atoms with E-state index in [2.05, 4.69) is 4.98 Å². The Bertz CT molecular complexity index is 1170. The largest absolute Gasteiger partial charge is 0.495 e. The number of anilines is 2. The first-order valence-electron chi connectivity index (χ1n) is 9.62. The molecular weight excluding hydrogens is 456 g/mol. The number of halogens is 1. The summed E-state index contributed by atoms with van der Waals surface area (Å²) < 4.78 is 21.7. The Morgan fingerprint density at radius 3 is 2.78 bits per heavy atom. The molecule has 8 nitrogen and oxygen atoms in total. The summed E-state index contributed by atoms with van der Waals surface area (Å²) in [5.41, 5.74) is 1.32. The molecule has 0 saturated heterocycles. The van der Waals surface area contributed by atoms with Crippen molar-refractivity contribution < 1.29 is 28.5 Å². The number of hydrogen-bond acceptors (Lipinski definition) is 8. The van der Waals surface area contributed by atoms with Crippen molar-refractivity contribution in [1.29, 1.82) is 0 Å². The number of amides is 1. The Kier molecular flexibility index (Phi) is 6.48. The Morgan fingerprint density at radius 2 is 2.00 bits per heavy atom. The number of hydrogen-bond donors (Lipinski definition) is 0. The van der Waals surface area contributed by atoms with Gasteiger partial charge in [-0.3, -0.25) is 9.69 Å². The van der Waals surface area contributed by atoms with Crippen molar-refractivity contribution in [3.63, 3.8) is 0 Å². The molecule has 166 valence electrons. The number of esters is 1. The van der Waals surface area contributed by atoms with E-state index in [1.807, 2.05) is 12.1 Å². The molecule has 1 amide bonds. The van der Waals surface area contributed by atoms with Gasteiger partial charge in [0.25, 0.3) is 0 Å². The molecule has 0 radical (unpaired) electrons. The van der Waals surface area contributed by atoms with Crippen molar-refractivity contribution in [2.24, 2.45) is 0 Å². The summed E-state index contributed by atoms with van der Waals surface area (Å²) in [6.07, 6.45) is 0. The molecule has 0 spiro atoms. The van der Waals surface area contributed by atoms with Gasteiger partial charge in [0, 0.05) is 12.3 Å². The molecule has 1 aliphatic rings. The van der Waals surface area contributed by atoms with Crippen LogP contribution in [-0.2, 0) is 16.1 Å². The number of thiazole rings is 1. The summed E-state index contributed by atoms with van der Waals surface area (Å²) in [7, 11) is 1.54. The van der Waals surface area contributed by atoms with Gasteiger partial charge in [-0.2, -0.15) is 0 Å². The molecular formula is C22H19ClN2O6S. The molecule has 10 heteroatoms. The van der Waals surface area contributed by atoms with E-state index in [9.17, 15) is 9.59 Å². The van der Waals surface area contributed by atoms with Gasteiger partial charge in [0.15, 0.2) is 16.6 Å². The highest BCUT2D eigenvalue weighted by Crippen LogP contribution is 2.39. The van der Waals surface area contributed by atoms with Crippen LogP contribution in [0.2, 0.25) is 5.02 Å². The lowest BCUT2D eigenvalue weighted by molar-refractivity contribution is -0.115. The third-order valence-corrected chi connectivity index (χ3v) is 5.71. The van der Waals surface area contributed by atoms with Gasteiger partial charge in [-0.1, -0.05) is 23.7 Å². The van der Waals surface area contributed by atoms with E-state index in [4.69, 9.17) is 30.5 Å². The third kappa shape index (κ3) is 4.49. The second kappa shape index (κ2) is 9.46. The first-order chi connectivity index (χ1) is 15.5. The quantitative estimate of drug-likeness (QED) is 0.482. The SMILES string of the molecule is COc1ccccc1N(C(C)=O)c1nc(COC(=O)c2cc(Cl)c3c(c2)OCCO3)cs1. The van der Waals surface area contributed by atoms with Crippen LogP contribution in [0.25, 0.3) is 0 Å². The van der Waals surface area contributed by atoms with Crippen LogP contribution in [0, 0.1) is 0 Å². The molecule has 0 aliphatic carbocycles. The number of para-hydroxylation sites is 2. The number of nitrogens with zero attached hydrogens (tertiary/aromatic N) is 2. The molecule has 0 bridgehead atoms. The molecule has 3 aromatic rings. The number of ether oxygens (including phenoxy) is 4. The molecule has 1 aliphatic heterocycles. The standard InChI is InChI=1S/C22H19ClN2O6S/c1-13(26)25(17-5-3-4-6-18(17)28-2)22-24-15(12-32-22)11-31-21(27)14-9-16(23)20-19(10-14)29-7-8-30-20/h3-6,9-10,12H,7-8,11H2,1-2H3. The second-order valence-corrected chi connectivity index (χ2v) is 7.95. The Balaban J connectivity index is 1.49. The lowest BCUT2D eigenvalue weighted by Crippen LogP contribution is -2.23. The minimum atomic E-state index is -0.577. The molecule has 2 heterocycles. The van der Waals surface area contributed by atoms with Gasteiger partial charge in [0.1, 0.15) is 25.6 Å². The maximum atomic E-state index is 12.5. The zero-order chi connectivity index (χ0) is 22.7. The zero-order valence-electron chi connectivity index (χ0n) is 17.3. The molecule has 2 aromatic carbocycles. The van der Waals surface area contributed by atoms with Crippen molar-refractivity contribution in [1.82, 2.24) is 4.98 Å². The predicted octanol–water partition coefficient (Wildman–Crippen LogP) is 4.62. The smallest absolute Gasteiger partial charge is 0.338 e. The highest BCUT2D eigenvalue weighted by atomic mass is 35.5. The van der Waals surface area contributed by atoms with E-state index in [1.54, 1.807) is 17.5 Å². The maximum Gasteiger partial charge on any atom is 0.338 e. The van der Waals surface area contributed by atoms with Crippen LogP contribution < -0.4 is 19.1 Å². The molecule has 0 unspecified atom stereocenters. The van der Waals surface area contributed by atoms with Crippen molar-refractivity contribution in [3.05, 3.63) is 58.1 Å². The number of benzene rings is 2. The molecule has 4 rings (SSSR count). The summed E-state index contributed by atoms with van der Waals surface area (Å²) in [5.74, 6) is 0.561. The number of aromatic nitrogens is 1. The van der Waals surface area contributed by atoms with Crippen LogP contribution in [0.3, 0.4) is 0 Å². The summed E-state index contributed by atoms with van der Waals surface area (Å²) in [4.78, 5) is 30.8. The fourth-order valence-electron chi connectivity index (χ4n) is 3.14. The first kappa shape index (κ1) is 21.9. The highest BCUT2D eigenvalue weighted by Gasteiger charge is 2.23. The number of rotatable bonds is 6. The number of carbonyl (C=O) groups excluding carboxylic acids is 2. The average Bonchev–Trinajstić information content (AvgIpc) is 3.26. The van der Waals surface area contributed by atoms with Gasteiger partial charge in [-0.05, 0) is 24.3 Å². The Hall–Kier alpha value is -3.30. The Morgan fingerprint density at radius 1 is 1.22 bits per heavy atom. The minimum Gasteiger partial charge on any atom is -0.495 e. The van der Waals surface area contributed by atoms with Gasteiger partial charge < -0.3 is 18.9 Å². The van der Waals surface area contributed by atoms with E-state index in [0.29, 0.717) is 47.0 Å². The maximum absolute atomic E-state index is 12.5. The second-order valence-electron chi connectivity index (χ2n) is 6.71. The van der Waals surface area contributed by atoms with Crippen LogP contribution in [-0.4, -0.2) is 37.2 Å². The zero-order valence-corrected chi connectivity index (χ0v) is 18.9. The highest BCUT2D eigenvalue weighted by molar-refractivity contribution is 7.14. The van der Waals surface area contributed by atoms with Gasteiger partial charge in [-0.15, -0.1) is 11.3 Å². The van der Waals surface area contributed by atoms with E-state index < -0.39 is 5.97 Å². The topological polar surface area (TPSA) is 87.2 Å². The molecule has 0 N–H and O–H groups in total. The van der Waals surface area contributed by atoms with Crippen LogP contribution in [0.15, 0.2) is 41.8 Å². The van der Waals surface area contributed by atoms with Crippen molar-refractivity contribution in [2.75, 3.05) is 25.2 Å². The van der Waals surface area contributed by atoms with Gasteiger partial charge >= 0.3 is 5.97 Å². The van der Waals surface area contributed by atoms with Gasteiger partial charge in [0.2, 0.25) is 5.91 Å². The van der Waals surface area contributed by atoms with E-state index in [-0.39, 0.29) is 23.1 Å². The Labute approximate surface area is 193 Å². The van der Waals surface area contributed by atoms with Crippen LogP contribution >= 0.6 is 22.9 Å². The first-order valence-corrected chi connectivity index (χ1v) is 10.9. The summed E-state index contributed by atoms with van der Waals surface area (Å²) in [5, 5.41) is 2.44. The summed E-state index contributed by atoms with van der Waals surface area (Å²) in [6.45, 7) is 2.15. The number of fused-ring (bicyclic) bond motifs is 1. The molecule has 32 heavy (non-hydrogen) atoms. The summed E-state index contributed by atoms with van der Waals surface area (Å²) >= 11 is 7.45. The fourth-order valence-corrected chi connectivity index (χ4v) is 4.27. The molecule has 0 atom stereocenters. The van der Waals surface area contributed by atoms with Crippen molar-refractivity contribution >= 4 is 45.6 Å². The number of methoxy groups -OCH3 is 1. The molecule has 0 saturated carbocycles. The van der Waals surface area contributed by atoms with E-state index >= 15 is 0 Å². The van der Waals surface area contributed by atoms with E-state index in [0.717, 1.165) is 0 Å². The lowest BCUT2D eigenvalue weighted by Gasteiger charge is -2.20. The van der Waals surface area contributed by atoms with Crippen LogP contribution in [0.5, 0.6) is 17.2 Å².